The molecular weight excluding hydrogens is 809 g/mol. The first-order valence-electron chi connectivity index (χ1n) is 21.9. The van der Waals surface area contributed by atoms with Gasteiger partial charge in [0.2, 0.25) is 5.91 Å². The van der Waals surface area contributed by atoms with Gasteiger partial charge in [-0.2, -0.15) is 0 Å². The second-order valence-corrected chi connectivity index (χ2v) is 18.9. The summed E-state index contributed by atoms with van der Waals surface area (Å²) in [5.74, 6) is -1.56. The number of amides is 4. The maximum absolute atomic E-state index is 14.6. The first-order valence-corrected chi connectivity index (χ1v) is 22.7. The fourth-order valence-electron chi connectivity index (χ4n) is 9.08. The average Bonchev–Trinajstić information content (AvgIpc) is 3.85. The van der Waals surface area contributed by atoms with Crippen LogP contribution in [0.2, 0.25) is 0 Å². The number of hydrazine groups is 1. The minimum Gasteiger partial charge on any atom is -0.464 e. The maximum Gasteiger partial charge on any atom is 0.324 e. The zero-order valence-electron chi connectivity index (χ0n) is 37.5. The van der Waals surface area contributed by atoms with Gasteiger partial charge < -0.3 is 33.9 Å². The van der Waals surface area contributed by atoms with Crippen molar-refractivity contribution in [2.45, 2.75) is 111 Å². The van der Waals surface area contributed by atoms with Gasteiger partial charge in [0.15, 0.2) is 0 Å². The Balaban J connectivity index is 1.29. The van der Waals surface area contributed by atoms with Crippen molar-refractivity contribution in [3.05, 3.63) is 58.2 Å². The Morgan fingerprint density at radius 3 is 2.68 bits per heavy atom. The van der Waals surface area contributed by atoms with Crippen LogP contribution in [0.15, 0.2) is 41.9 Å². The van der Waals surface area contributed by atoms with E-state index in [1.807, 2.05) is 39.1 Å². The quantitative estimate of drug-likeness (QED) is 0.201. The zero-order chi connectivity index (χ0) is 44.5. The number of methoxy groups -OCH3 is 1. The van der Waals surface area contributed by atoms with Gasteiger partial charge in [-0.15, -0.1) is 11.3 Å². The number of fused-ring (bicyclic) bond motifs is 6. The summed E-state index contributed by atoms with van der Waals surface area (Å²) in [7, 11) is 3.32. The molecule has 0 spiro atoms. The van der Waals surface area contributed by atoms with E-state index in [0.29, 0.717) is 57.1 Å². The Kier molecular flexibility index (Phi) is 13.7. The van der Waals surface area contributed by atoms with Crippen molar-refractivity contribution in [2.75, 3.05) is 47.1 Å². The number of esters is 1. The SMILES string of the molecule is CCn1c(-c2cccnc2[C@H](C)OC)c2c3cc(ccc31)-c1csc(n1)C[C@H](NC(=O)[C@H](C(C)C)N(C)C(=O)N1CCOC[C@@H]1C)C(=O)N1CCC[C@H](N1)C(=O)OCC(C)(C)C2. The molecule has 0 saturated carbocycles. The van der Waals surface area contributed by atoms with Crippen LogP contribution in [0.3, 0.4) is 0 Å². The van der Waals surface area contributed by atoms with Crippen LogP contribution in [0, 0.1) is 11.3 Å². The fraction of sp³-hybridized carbons (Fsp3) is 0.565. The number of morpholine rings is 1. The van der Waals surface area contributed by atoms with Gasteiger partial charge in [0.25, 0.3) is 5.91 Å². The summed E-state index contributed by atoms with van der Waals surface area (Å²) in [5.41, 5.74) is 9.36. The summed E-state index contributed by atoms with van der Waals surface area (Å²) in [6.45, 7) is 16.5. The largest absolute Gasteiger partial charge is 0.464 e. The fourth-order valence-corrected chi connectivity index (χ4v) is 9.93. The number of ether oxygens (including phenoxy) is 3. The number of carbonyl (C=O) groups is 4. The molecule has 2 N–H and O–H groups in total. The van der Waals surface area contributed by atoms with Gasteiger partial charge in [0.05, 0.1) is 54.1 Å². The molecule has 1 aromatic carbocycles. The highest BCUT2D eigenvalue weighted by Gasteiger charge is 2.39. The van der Waals surface area contributed by atoms with Gasteiger partial charge >= 0.3 is 12.0 Å². The molecule has 0 radical (unpaired) electrons. The number of aromatic nitrogens is 3. The van der Waals surface area contributed by atoms with Crippen LogP contribution in [-0.2, 0) is 48.0 Å². The molecule has 0 unspecified atom stereocenters. The van der Waals surface area contributed by atoms with Gasteiger partial charge in [-0.25, -0.2) is 15.2 Å². The highest BCUT2D eigenvalue weighted by Crippen LogP contribution is 2.42. The number of cyclic esters (lactones) is 1. The van der Waals surface area contributed by atoms with Crippen LogP contribution in [0.5, 0.6) is 0 Å². The predicted molar refractivity (Wildman–Crippen MR) is 238 cm³/mol. The number of likely N-dealkylation sites (N-methyl/N-ethyl adjacent to an activating group) is 1. The van der Waals surface area contributed by atoms with Crippen molar-refractivity contribution in [1.82, 2.24) is 40.1 Å². The van der Waals surface area contributed by atoms with E-state index in [0.717, 1.165) is 44.7 Å². The standard InChI is InChI=1S/C46H62N8O7S/c1-10-52-37-16-15-30-21-32(37)33(41(52)31-13-11-17-47-39(31)29(5)59-9)23-46(6,7)26-61-44(57)34-14-12-18-54(50-34)43(56)35(22-38-48-36(30)25-62-38)49-42(55)40(27(2)3)51(8)45(58)53-19-20-60-24-28(53)4/h11,13,15-17,21,25,27-29,34-35,40,50H,10,12,14,18-20,22-24,26H2,1-9H3,(H,49,55)/t28-,29-,34-,35-,40-/m0/s1. The minimum atomic E-state index is -1.05. The molecule has 2 saturated heterocycles. The molecule has 4 aromatic rings. The summed E-state index contributed by atoms with van der Waals surface area (Å²) in [6.07, 6.45) is 3.28. The number of nitrogens with zero attached hydrogens (tertiary/aromatic N) is 6. The van der Waals surface area contributed by atoms with Crippen molar-refractivity contribution in [2.24, 2.45) is 11.3 Å². The van der Waals surface area contributed by atoms with Crippen LogP contribution in [0.4, 0.5) is 4.79 Å². The van der Waals surface area contributed by atoms with Crippen LogP contribution in [0.25, 0.3) is 33.4 Å². The molecule has 5 atom stereocenters. The number of pyridine rings is 1. The van der Waals surface area contributed by atoms with E-state index in [1.54, 1.807) is 25.3 Å². The number of hydrogen-bond donors (Lipinski definition) is 2. The number of benzene rings is 1. The lowest BCUT2D eigenvalue weighted by molar-refractivity contribution is -0.155. The molecule has 3 aromatic heterocycles. The zero-order valence-corrected chi connectivity index (χ0v) is 38.3. The molecule has 3 aliphatic heterocycles. The number of nitrogens with one attached hydrogen (secondary N) is 2. The van der Waals surface area contributed by atoms with Crippen molar-refractivity contribution >= 4 is 46.1 Å². The van der Waals surface area contributed by atoms with Crippen molar-refractivity contribution in [3.8, 4) is 22.5 Å². The predicted octanol–water partition coefficient (Wildman–Crippen LogP) is 6.00. The first kappa shape index (κ1) is 45.1. The third kappa shape index (κ3) is 9.24. The lowest BCUT2D eigenvalue weighted by atomic mass is 9.84. The smallest absolute Gasteiger partial charge is 0.324 e. The molecule has 0 aliphatic carbocycles. The molecule has 334 valence electrons. The third-order valence-corrected chi connectivity index (χ3v) is 13.3. The summed E-state index contributed by atoms with van der Waals surface area (Å²) < 4.78 is 19.8. The van der Waals surface area contributed by atoms with Gasteiger partial charge in [0, 0.05) is 79.2 Å². The number of hydrogen-bond acceptors (Lipinski definition) is 11. The van der Waals surface area contributed by atoms with E-state index < -0.39 is 41.3 Å². The van der Waals surface area contributed by atoms with Gasteiger partial charge in [-0.3, -0.25) is 24.4 Å². The molecule has 62 heavy (non-hydrogen) atoms. The maximum atomic E-state index is 14.6. The van der Waals surface area contributed by atoms with E-state index >= 15 is 0 Å². The molecule has 4 amide bonds. The summed E-state index contributed by atoms with van der Waals surface area (Å²) in [5, 5.41) is 8.18. The molecule has 15 nitrogen and oxygen atoms in total. The number of urea groups is 1. The number of carbonyl (C=O) groups excluding carboxylic acids is 4. The monoisotopic (exact) mass is 870 g/mol. The lowest BCUT2D eigenvalue weighted by Gasteiger charge is -2.40. The van der Waals surface area contributed by atoms with E-state index in [4.69, 9.17) is 24.2 Å². The van der Waals surface area contributed by atoms with Crippen LogP contribution < -0.4 is 10.7 Å². The average molecular weight is 871 g/mol. The number of rotatable bonds is 8. The van der Waals surface area contributed by atoms with Crippen molar-refractivity contribution < 1.29 is 33.4 Å². The lowest BCUT2D eigenvalue weighted by Crippen LogP contribution is -2.63. The van der Waals surface area contributed by atoms with E-state index in [-0.39, 0.29) is 37.1 Å². The molecule has 7 rings (SSSR count). The highest BCUT2D eigenvalue weighted by atomic mass is 32.1. The van der Waals surface area contributed by atoms with Crippen LogP contribution in [0.1, 0.15) is 83.7 Å². The molecular formula is C46H62N8O7S. The van der Waals surface area contributed by atoms with Crippen molar-refractivity contribution in [3.63, 3.8) is 0 Å². The molecule has 16 heteroatoms. The number of aryl methyl sites for hydroxylation is 1. The van der Waals surface area contributed by atoms with Gasteiger partial charge in [-0.05, 0) is 75.8 Å². The minimum absolute atomic E-state index is 0.102. The topological polar surface area (TPSA) is 160 Å². The van der Waals surface area contributed by atoms with Crippen molar-refractivity contribution in [1.29, 1.82) is 0 Å². The molecule has 6 heterocycles. The Morgan fingerprint density at radius 1 is 1.16 bits per heavy atom. The van der Waals surface area contributed by atoms with E-state index in [2.05, 4.69) is 60.3 Å². The molecule has 3 aliphatic rings. The first-order chi connectivity index (χ1) is 29.6. The summed E-state index contributed by atoms with van der Waals surface area (Å²) >= 11 is 1.42. The van der Waals surface area contributed by atoms with E-state index in [1.165, 1.54) is 21.2 Å². The highest BCUT2D eigenvalue weighted by molar-refractivity contribution is 7.10. The summed E-state index contributed by atoms with van der Waals surface area (Å²) in [4.78, 5) is 69.6. The third-order valence-electron chi connectivity index (χ3n) is 12.4. The Labute approximate surface area is 368 Å². The molecule has 6 bridgehead atoms. The van der Waals surface area contributed by atoms with Gasteiger partial charge in [-0.1, -0.05) is 33.8 Å². The second kappa shape index (κ2) is 18.8. The van der Waals surface area contributed by atoms with Gasteiger partial charge in [0.1, 0.15) is 18.1 Å². The van der Waals surface area contributed by atoms with E-state index in [9.17, 15) is 19.2 Å². The van der Waals surface area contributed by atoms with Crippen LogP contribution in [-0.4, -0.2) is 124 Å². The Hall–Kier alpha value is -4.90. The Bertz CT molecular complexity index is 2290. The normalized spacial score (nSPS) is 21.9. The second-order valence-electron chi connectivity index (χ2n) is 18.0. The van der Waals surface area contributed by atoms with Crippen LogP contribution >= 0.6 is 11.3 Å². The summed E-state index contributed by atoms with van der Waals surface area (Å²) in [6, 6.07) is 7.34. The molecule has 2 fully saturated rings. The Morgan fingerprint density at radius 2 is 1.95 bits per heavy atom. The number of thiazole rings is 1.